The van der Waals surface area contributed by atoms with Crippen molar-refractivity contribution >= 4 is 40.6 Å². The maximum atomic E-state index is 11.7. The normalized spacial score (nSPS) is 13.0. The van der Waals surface area contributed by atoms with Crippen LogP contribution in [0.5, 0.6) is 0 Å². The Morgan fingerprint density at radius 3 is 2.70 bits per heavy atom. The number of hydrogen-bond acceptors (Lipinski definition) is 2. The molecular formula is C17H25Cl2N3O. The average molecular weight is 358 g/mol. The molecule has 0 aliphatic rings. The van der Waals surface area contributed by atoms with Crippen LogP contribution in [-0.4, -0.2) is 18.3 Å². The molecule has 0 bridgehead atoms. The third-order valence-electron chi connectivity index (χ3n) is 3.68. The van der Waals surface area contributed by atoms with E-state index in [1.54, 1.807) is 12.1 Å². The van der Waals surface area contributed by atoms with Crippen LogP contribution in [0, 0.1) is 5.92 Å². The lowest BCUT2D eigenvalue weighted by atomic mass is 10.0. The van der Waals surface area contributed by atoms with Crippen molar-refractivity contribution in [1.29, 1.82) is 0 Å². The lowest BCUT2D eigenvalue weighted by Gasteiger charge is -2.07. The molecule has 1 aromatic rings. The molecule has 23 heavy (non-hydrogen) atoms. The van der Waals surface area contributed by atoms with E-state index in [4.69, 9.17) is 28.9 Å². The number of rotatable bonds is 9. The Balaban J connectivity index is 2.30. The molecule has 6 heteroatoms. The van der Waals surface area contributed by atoms with Crippen LogP contribution in [0.3, 0.4) is 0 Å². The van der Waals surface area contributed by atoms with Crippen LogP contribution in [0.1, 0.15) is 46.0 Å². The topological polar surface area (TPSA) is 67.5 Å². The van der Waals surface area contributed by atoms with E-state index in [9.17, 15) is 4.79 Å². The van der Waals surface area contributed by atoms with Gasteiger partial charge in [-0.05, 0) is 30.5 Å². The van der Waals surface area contributed by atoms with Gasteiger partial charge in [0.05, 0.1) is 10.0 Å². The zero-order valence-corrected chi connectivity index (χ0v) is 15.3. The molecule has 0 saturated heterocycles. The van der Waals surface area contributed by atoms with E-state index in [1.165, 1.54) is 0 Å². The molecule has 0 aromatic heterocycles. The molecule has 0 heterocycles. The summed E-state index contributed by atoms with van der Waals surface area (Å²) in [6, 6.07) is 5.31. The minimum absolute atomic E-state index is 0.139. The largest absolute Gasteiger partial charge is 0.387 e. The number of amides is 1. The van der Waals surface area contributed by atoms with Gasteiger partial charge in [0.25, 0.3) is 0 Å². The van der Waals surface area contributed by atoms with Gasteiger partial charge in [-0.15, -0.1) is 0 Å². The highest BCUT2D eigenvalue weighted by molar-refractivity contribution is 6.42. The Hall–Kier alpha value is -1.26. The molecule has 0 fully saturated rings. The van der Waals surface area contributed by atoms with E-state index in [0.29, 0.717) is 41.2 Å². The van der Waals surface area contributed by atoms with Gasteiger partial charge in [-0.25, -0.2) is 4.99 Å². The molecule has 0 aliphatic heterocycles. The van der Waals surface area contributed by atoms with Crippen LogP contribution in [0.2, 0.25) is 10.0 Å². The van der Waals surface area contributed by atoms with Gasteiger partial charge in [0.1, 0.15) is 5.84 Å². The fourth-order valence-corrected chi connectivity index (χ4v) is 2.32. The van der Waals surface area contributed by atoms with Crippen LogP contribution in [0.4, 0.5) is 5.69 Å². The molecule has 0 saturated carbocycles. The van der Waals surface area contributed by atoms with E-state index in [2.05, 4.69) is 24.2 Å². The fraction of sp³-hybridized carbons (Fsp3) is 0.529. The van der Waals surface area contributed by atoms with Crippen molar-refractivity contribution in [3.63, 3.8) is 0 Å². The Kier molecular flexibility index (Phi) is 9.03. The third-order valence-corrected chi connectivity index (χ3v) is 4.42. The number of carbonyl (C=O) groups is 1. The monoisotopic (exact) mass is 357 g/mol. The second kappa shape index (κ2) is 10.5. The highest BCUT2D eigenvalue weighted by atomic mass is 35.5. The number of aliphatic imine (C=N–C) groups is 1. The van der Waals surface area contributed by atoms with E-state index >= 15 is 0 Å². The van der Waals surface area contributed by atoms with Crippen LogP contribution < -0.4 is 11.1 Å². The number of carbonyl (C=O) groups excluding carboxylic acids is 1. The van der Waals surface area contributed by atoms with Gasteiger partial charge in [-0.3, -0.25) is 4.79 Å². The number of nitrogens with two attached hydrogens (primary N) is 1. The molecule has 0 radical (unpaired) electrons. The second-order valence-corrected chi connectivity index (χ2v) is 6.52. The maximum absolute atomic E-state index is 11.7. The molecule has 1 aromatic carbocycles. The highest BCUT2D eigenvalue weighted by Crippen LogP contribution is 2.24. The predicted molar refractivity (Wildman–Crippen MR) is 99.5 cm³/mol. The van der Waals surface area contributed by atoms with Crippen LogP contribution in [0.25, 0.3) is 0 Å². The number of nitrogens with one attached hydrogen (secondary N) is 1. The van der Waals surface area contributed by atoms with Gasteiger partial charge in [0.2, 0.25) is 5.91 Å². The quantitative estimate of drug-likeness (QED) is 0.488. The summed E-state index contributed by atoms with van der Waals surface area (Å²) in [5.74, 6) is 0.867. The smallest absolute Gasteiger partial charge is 0.247 e. The van der Waals surface area contributed by atoms with Gasteiger partial charge < -0.3 is 11.1 Å². The third kappa shape index (κ3) is 8.24. The molecule has 1 amide bonds. The molecule has 1 atom stereocenters. The SMILES string of the molecule is CCC(C)CCCC(=O)N=C(N)CCNc1ccc(Cl)c(Cl)c1. The minimum Gasteiger partial charge on any atom is -0.387 e. The molecule has 128 valence electrons. The summed E-state index contributed by atoms with van der Waals surface area (Å²) < 4.78 is 0. The molecule has 4 nitrogen and oxygen atoms in total. The summed E-state index contributed by atoms with van der Waals surface area (Å²) in [5.41, 5.74) is 6.65. The number of nitrogens with zero attached hydrogens (tertiary/aromatic N) is 1. The lowest BCUT2D eigenvalue weighted by molar-refractivity contribution is -0.117. The first-order chi connectivity index (χ1) is 10.9. The van der Waals surface area contributed by atoms with Gasteiger partial charge in [0, 0.05) is 25.1 Å². The Bertz CT molecular complexity index is 547. The van der Waals surface area contributed by atoms with Crippen molar-refractivity contribution in [2.45, 2.75) is 46.0 Å². The summed E-state index contributed by atoms with van der Waals surface area (Å²) in [5, 5.41) is 4.18. The van der Waals surface area contributed by atoms with E-state index in [-0.39, 0.29) is 5.91 Å². The maximum Gasteiger partial charge on any atom is 0.247 e. The molecule has 0 spiro atoms. The standard InChI is InChI=1S/C17H25Cl2N3O/c1-3-12(2)5-4-6-17(23)22-16(20)9-10-21-13-7-8-14(18)15(19)11-13/h7-8,11-12,21H,3-6,9-10H2,1-2H3,(H2,20,22,23). The fourth-order valence-electron chi connectivity index (χ4n) is 2.02. The van der Waals surface area contributed by atoms with Crippen LogP contribution in [0.15, 0.2) is 23.2 Å². The Morgan fingerprint density at radius 2 is 2.04 bits per heavy atom. The van der Waals surface area contributed by atoms with Gasteiger partial charge >= 0.3 is 0 Å². The van der Waals surface area contributed by atoms with Crippen molar-refractivity contribution in [1.82, 2.24) is 0 Å². The second-order valence-electron chi connectivity index (χ2n) is 5.71. The Labute approximate surface area is 148 Å². The average Bonchev–Trinajstić information content (AvgIpc) is 2.50. The molecule has 1 unspecified atom stereocenters. The van der Waals surface area contributed by atoms with Crippen molar-refractivity contribution in [2.24, 2.45) is 16.6 Å². The molecular weight excluding hydrogens is 333 g/mol. The summed E-state index contributed by atoms with van der Waals surface area (Å²) in [7, 11) is 0. The Morgan fingerprint density at radius 1 is 1.30 bits per heavy atom. The number of benzene rings is 1. The molecule has 3 N–H and O–H groups in total. The van der Waals surface area contributed by atoms with Crippen molar-refractivity contribution in [3.8, 4) is 0 Å². The molecule has 1 rings (SSSR count). The first-order valence-corrected chi connectivity index (χ1v) is 8.72. The van der Waals surface area contributed by atoms with Gasteiger partial charge in [-0.2, -0.15) is 0 Å². The first kappa shape index (κ1) is 19.8. The minimum atomic E-state index is -0.139. The van der Waals surface area contributed by atoms with E-state index in [1.807, 2.05) is 6.07 Å². The summed E-state index contributed by atoms with van der Waals surface area (Å²) in [6.07, 6.45) is 4.02. The van der Waals surface area contributed by atoms with E-state index in [0.717, 1.165) is 24.9 Å². The van der Waals surface area contributed by atoms with Crippen molar-refractivity contribution < 1.29 is 4.79 Å². The zero-order valence-electron chi connectivity index (χ0n) is 13.7. The van der Waals surface area contributed by atoms with Gasteiger partial charge in [-0.1, -0.05) is 49.9 Å². The van der Waals surface area contributed by atoms with Crippen molar-refractivity contribution in [2.75, 3.05) is 11.9 Å². The van der Waals surface area contributed by atoms with Crippen LogP contribution in [-0.2, 0) is 4.79 Å². The lowest BCUT2D eigenvalue weighted by Crippen LogP contribution is -2.18. The summed E-state index contributed by atoms with van der Waals surface area (Å²) in [6.45, 7) is 4.92. The van der Waals surface area contributed by atoms with E-state index < -0.39 is 0 Å². The molecule has 0 aliphatic carbocycles. The summed E-state index contributed by atoms with van der Waals surface area (Å²) in [4.78, 5) is 15.6. The van der Waals surface area contributed by atoms with Crippen LogP contribution >= 0.6 is 23.2 Å². The first-order valence-electron chi connectivity index (χ1n) is 7.97. The number of halogens is 2. The van der Waals surface area contributed by atoms with Crippen molar-refractivity contribution in [3.05, 3.63) is 28.2 Å². The summed E-state index contributed by atoms with van der Waals surface area (Å²) >= 11 is 11.8. The zero-order chi connectivity index (χ0) is 17.2. The highest BCUT2D eigenvalue weighted by Gasteiger charge is 2.04. The number of amidine groups is 1. The predicted octanol–water partition coefficient (Wildman–Crippen LogP) is 4.90. The van der Waals surface area contributed by atoms with Gasteiger partial charge in [0.15, 0.2) is 0 Å². The number of anilines is 1. The number of hydrogen-bond donors (Lipinski definition) is 2.